The highest BCUT2D eigenvalue weighted by Crippen LogP contribution is 2.45. The topological polar surface area (TPSA) is 29.0 Å². The van der Waals surface area contributed by atoms with Crippen molar-refractivity contribution in [2.45, 2.75) is 18.0 Å². The number of rotatable bonds is 1. The van der Waals surface area contributed by atoms with Crippen molar-refractivity contribution >= 4 is 0 Å². The molecule has 1 heterocycles. The molecule has 78 valence electrons. The van der Waals surface area contributed by atoms with Gasteiger partial charge in [-0.3, -0.25) is 10.6 Å². The Labute approximate surface area is 69.3 Å². The van der Waals surface area contributed by atoms with Gasteiger partial charge in [-0.15, -0.1) is 0 Å². The molecular weight excluding hydrogens is 202 g/mol. The summed E-state index contributed by atoms with van der Waals surface area (Å²) in [6, 6.07) is 0. The predicted octanol–water partition coefficient (Wildman–Crippen LogP) is 1.08. The van der Waals surface area contributed by atoms with E-state index >= 15 is 0 Å². The molecule has 0 aliphatic carbocycles. The molecule has 0 aromatic heterocycles. The summed E-state index contributed by atoms with van der Waals surface area (Å²) in [6.45, 7) is -0.564. The second-order valence-corrected chi connectivity index (χ2v) is 2.75. The van der Waals surface area contributed by atoms with Crippen LogP contribution in [-0.2, 0) is 0 Å². The van der Waals surface area contributed by atoms with Crippen LogP contribution < -0.4 is 5.73 Å². The van der Waals surface area contributed by atoms with E-state index < -0.39 is 18.0 Å². The molecule has 0 atom stereocenters. The van der Waals surface area contributed by atoms with Crippen molar-refractivity contribution in [3.05, 3.63) is 0 Å². The van der Waals surface area contributed by atoms with Gasteiger partial charge in [0.2, 0.25) is 0 Å². The van der Waals surface area contributed by atoms with Gasteiger partial charge in [0.25, 0.3) is 5.66 Å². The highest BCUT2D eigenvalue weighted by atomic mass is 19.4. The van der Waals surface area contributed by atoms with E-state index in [9.17, 15) is 26.3 Å². The molecule has 0 saturated carbocycles. The van der Waals surface area contributed by atoms with Crippen molar-refractivity contribution in [2.24, 2.45) is 5.73 Å². The zero-order valence-electron chi connectivity index (χ0n) is 6.21. The van der Waals surface area contributed by atoms with Crippen LogP contribution in [0.15, 0.2) is 0 Å². The average molecular weight is 208 g/mol. The van der Waals surface area contributed by atoms with Crippen LogP contribution in [0.25, 0.3) is 0 Å². The van der Waals surface area contributed by atoms with Crippen molar-refractivity contribution < 1.29 is 26.3 Å². The first-order valence-electron chi connectivity index (χ1n) is 3.28. The Bertz CT molecular complexity index is 188. The summed E-state index contributed by atoms with van der Waals surface area (Å²) < 4.78 is 72.0. The van der Waals surface area contributed by atoms with E-state index in [1.54, 1.807) is 0 Å². The van der Waals surface area contributed by atoms with Crippen molar-refractivity contribution in [1.29, 1.82) is 0 Å². The van der Waals surface area contributed by atoms with Gasteiger partial charge in [-0.25, -0.2) is 0 Å². The summed E-state index contributed by atoms with van der Waals surface area (Å²) in [6.07, 6.45) is -11.0. The number of nitrogens with zero attached hydrogens (tertiary/aromatic N) is 1. The maximum atomic E-state index is 12.0. The van der Waals surface area contributed by atoms with Crippen LogP contribution in [0.5, 0.6) is 0 Å². The van der Waals surface area contributed by atoms with Crippen LogP contribution >= 0.6 is 0 Å². The largest absolute Gasteiger partial charge is 0.429 e. The molecule has 0 spiro atoms. The van der Waals surface area contributed by atoms with Gasteiger partial charge >= 0.3 is 12.4 Å². The molecule has 0 amide bonds. The minimum atomic E-state index is -5.50. The quantitative estimate of drug-likeness (QED) is 0.516. The van der Waals surface area contributed by atoms with Crippen LogP contribution in [0.2, 0.25) is 0 Å². The molecule has 0 bridgehead atoms. The highest BCUT2D eigenvalue weighted by Gasteiger charge is 2.73. The summed E-state index contributed by atoms with van der Waals surface area (Å²) in [5, 5.41) is 0. The first-order valence-corrected chi connectivity index (χ1v) is 3.28. The molecule has 0 radical (unpaired) electrons. The molecule has 1 fully saturated rings. The lowest BCUT2D eigenvalue weighted by atomic mass is 10.1. The summed E-state index contributed by atoms with van der Waals surface area (Å²) in [5.41, 5.74) is 0.153. The lowest BCUT2D eigenvalue weighted by Crippen LogP contribution is -2.68. The average Bonchev–Trinajstić information content (AvgIpc) is 2.60. The van der Waals surface area contributed by atoms with E-state index in [-0.39, 0.29) is 18.0 Å². The molecule has 1 saturated heterocycles. The van der Waals surface area contributed by atoms with Crippen LogP contribution in [0, 0.1) is 0 Å². The standard InChI is InChI=1S/C5H6F6N2/c6-4(7,8)3(12,5(9,10)11)13-1-2-13/h1-2,12H2. The van der Waals surface area contributed by atoms with Gasteiger partial charge in [-0.1, -0.05) is 0 Å². The molecule has 1 aliphatic rings. The fourth-order valence-corrected chi connectivity index (χ4v) is 0.922. The third-order valence-electron chi connectivity index (χ3n) is 1.81. The van der Waals surface area contributed by atoms with Gasteiger partial charge in [0.15, 0.2) is 0 Å². The lowest BCUT2D eigenvalue weighted by Gasteiger charge is -2.34. The molecule has 1 rings (SSSR count). The SMILES string of the molecule is NC(N1CC1)(C(F)(F)F)C(F)(F)F. The summed E-state index contributed by atoms with van der Waals surface area (Å²) >= 11 is 0. The molecule has 8 heteroatoms. The molecule has 1 aliphatic heterocycles. The van der Waals surface area contributed by atoms with Gasteiger partial charge in [0.1, 0.15) is 0 Å². The molecule has 0 aromatic carbocycles. The molecule has 13 heavy (non-hydrogen) atoms. The van der Waals surface area contributed by atoms with Gasteiger partial charge in [0.05, 0.1) is 0 Å². The lowest BCUT2D eigenvalue weighted by molar-refractivity contribution is -0.324. The maximum absolute atomic E-state index is 12.0. The smallest absolute Gasteiger partial charge is 0.298 e. The van der Waals surface area contributed by atoms with Crippen LogP contribution in [-0.4, -0.2) is 36.0 Å². The number of halogens is 6. The van der Waals surface area contributed by atoms with Gasteiger partial charge in [-0.05, 0) is 0 Å². The zero-order chi connectivity index (χ0) is 10.5. The Morgan fingerprint density at radius 2 is 1.15 bits per heavy atom. The van der Waals surface area contributed by atoms with Crippen molar-refractivity contribution in [3.8, 4) is 0 Å². The van der Waals surface area contributed by atoms with Crippen LogP contribution in [0.4, 0.5) is 26.3 Å². The third-order valence-corrected chi connectivity index (χ3v) is 1.81. The molecule has 0 aromatic rings. The van der Waals surface area contributed by atoms with E-state index in [1.165, 1.54) is 0 Å². The highest BCUT2D eigenvalue weighted by molar-refractivity contribution is 5.03. The Morgan fingerprint density at radius 1 is 0.846 bits per heavy atom. The fourth-order valence-electron chi connectivity index (χ4n) is 0.922. The van der Waals surface area contributed by atoms with E-state index in [4.69, 9.17) is 0 Å². The number of alkyl halides is 6. The summed E-state index contributed by atoms with van der Waals surface area (Å²) in [4.78, 5) is 0.132. The predicted molar refractivity (Wildman–Crippen MR) is 30.6 cm³/mol. The Hall–Kier alpha value is -0.500. The maximum Gasteiger partial charge on any atom is 0.429 e. The summed E-state index contributed by atoms with van der Waals surface area (Å²) in [7, 11) is 0. The zero-order valence-corrected chi connectivity index (χ0v) is 6.21. The monoisotopic (exact) mass is 208 g/mol. The van der Waals surface area contributed by atoms with Gasteiger partial charge in [-0.2, -0.15) is 26.3 Å². The molecule has 2 nitrogen and oxygen atoms in total. The van der Waals surface area contributed by atoms with E-state index in [1.807, 2.05) is 0 Å². The van der Waals surface area contributed by atoms with Crippen molar-refractivity contribution in [2.75, 3.05) is 13.1 Å². The third kappa shape index (κ3) is 1.48. The van der Waals surface area contributed by atoms with Gasteiger partial charge in [0, 0.05) is 13.1 Å². The Balaban J connectivity index is 3.01. The van der Waals surface area contributed by atoms with Gasteiger partial charge < -0.3 is 0 Å². The van der Waals surface area contributed by atoms with Crippen LogP contribution in [0.3, 0.4) is 0 Å². The molecule has 2 N–H and O–H groups in total. The Kier molecular flexibility index (Phi) is 2.04. The molecular formula is C5H6F6N2. The van der Waals surface area contributed by atoms with E-state index in [0.29, 0.717) is 0 Å². The second-order valence-electron chi connectivity index (χ2n) is 2.75. The minimum absolute atomic E-state index is 0.132. The van der Waals surface area contributed by atoms with E-state index in [0.717, 1.165) is 0 Å². The van der Waals surface area contributed by atoms with Crippen LogP contribution in [0.1, 0.15) is 0 Å². The minimum Gasteiger partial charge on any atom is -0.298 e. The molecule has 0 unspecified atom stereocenters. The van der Waals surface area contributed by atoms with E-state index in [2.05, 4.69) is 5.73 Å². The normalized spacial score (nSPS) is 20.5. The van der Waals surface area contributed by atoms with Crippen molar-refractivity contribution in [1.82, 2.24) is 4.90 Å². The number of hydrogen-bond donors (Lipinski definition) is 1. The first-order chi connectivity index (χ1) is 5.61. The van der Waals surface area contributed by atoms with Crippen molar-refractivity contribution in [3.63, 3.8) is 0 Å². The first kappa shape index (κ1) is 10.6. The summed E-state index contributed by atoms with van der Waals surface area (Å²) in [5.74, 6) is 0. The fraction of sp³-hybridized carbons (Fsp3) is 1.00. The second kappa shape index (κ2) is 2.50. The number of nitrogens with two attached hydrogens (primary N) is 1. The Morgan fingerprint density at radius 3 is 1.23 bits per heavy atom. The number of hydrogen-bond acceptors (Lipinski definition) is 2.